The summed E-state index contributed by atoms with van der Waals surface area (Å²) in [5.74, 6) is -0.911. The Labute approximate surface area is 149 Å². The second kappa shape index (κ2) is 8.00. The molecule has 0 saturated carbocycles. The van der Waals surface area contributed by atoms with Gasteiger partial charge in [-0.25, -0.2) is 4.79 Å². The number of hydrogen-bond donors (Lipinski definition) is 0. The lowest BCUT2D eigenvalue weighted by molar-refractivity contribution is -0.189. The van der Waals surface area contributed by atoms with Gasteiger partial charge in [-0.2, -0.15) is 0 Å². The van der Waals surface area contributed by atoms with Crippen LogP contribution in [-0.4, -0.2) is 31.3 Å². The number of rotatable bonds is 6. The van der Waals surface area contributed by atoms with Crippen molar-refractivity contribution in [3.8, 4) is 0 Å². The second-order valence-corrected chi connectivity index (χ2v) is 7.18. The molecule has 0 aromatic heterocycles. The summed E-state index contributed by atoms with van der Waals surface area (Å²) in [4.78, 5) is 24.8. The molecule has 0 bridgehead atoms. The van der Waals surface area contributed by atoms with E-state index in [0.717, 1.165) is 5.56 Å². The van der Waals surface area contributed by atoms with Crippen LogP contribution >= 0.6 is 0 Å². The number of ether oxygens (including phenoxy) is 3. The molecule has 0 aliphatic carbocycles. The lowest BCUT2D eigenvalue weighted by Gasteiger charge is -2.37. The second-order valence-electron chi connectivity index (χ2n) is 7.18. The van der Waals surface area contributed by atoms with Gasteiger partial charge in [-0.05, 0) is 32.8 Å². The first-order valence-electron chi connectivity index (χ1n) is 8.88. The Balaban J connectivity index is 2.11. The van der Waals surface area contributed by atoms with Crippen LogP contribution in [0.1, 0.15) is 52.5 Å². The fourth-order valence-electron chi connectivity index (χ4n) is 2.68. The molecule has 1 aromatic carbocycles. The zero-order valence-electron chi connectivity index (χ0n) is 15.5. The summed E-state index contributed by atoms with van der Waals surface area (Å²) < 4.78 is 16.7. The summed E-state index contributed by atoms with van der Waals surface area (Å²) in [6.45, 7) is 8.13. The lowest BCUT2D eigenvalue weighted by atomic mass is 9.86. The average Bonchev–Trinajstić information content (AvgIpc) is 2.63. The topological polar surface area (TPSA) is 61.8 Å². The van der Waals surface area contributed by atoms with Crippen LogP contribution in [-0.2, 0) is 29.4 Å². The Bertz CT molecular complexity index is 587. The Morgan fingerprint density at radius 2 is 1.80 bits per heavy atom. The van der Waals surface area contributed by atoms with Crippen LogP contribution in [0, 0.1) is 5.41 Å². The zero-order valence-corrected chi connectivity index (χ0v) is 15.5. The minimum atomic E-state index is -0.943. The van der Waals surface area contributed by atoms with E-state index < -0.39 is 23.1 Å². The van der Waals surface area contributed by atoms with E-state index in [4.69, 9.17) is 14.2 Å². The van der Waals surface area contributed by atoms with Crippen LogP contribution in [0.5, 0.6) is 0 Å². The Kier molecular flexibility index (Phi) is 6.22. The van der Waals surface area contributed by atoms with Crippen molar-refractivity contribution in [2.75, 3.05) is 13.2 Å². The van der Waals surface area contributed by atoms with Crippen molar-refractivity contribution in [2.45, 2.75) is 58.7 Å². The van der Waals surface area contributed by atoms with Crippen LogP contribution < -0.4 is 0 Å². The molecule has 138 valence electrons. The normalized spacial score (nSPS) is 18.2. The predicted molar refractivity (Wildman–Crippen MR) is 93.9 cm³/mol. The van der Waals surface area contributed by atoms with E-state index in [0.29, 0.717) is 32.5 Å². The largest absolute Gasteiger partial charge is 0.451 e. The van der Waals surface area contributed by atoms with E-state index in [-0.39, 0.29) is 5.97 Å². The molecule has 1 aliphatic heterocycles. The van der Waals surface area contributed by atoms with E-state index >= 15 is 0 Å². The Morgan fingerprint density at radius 3 is 2.36 bits per heavy atom. The first-order chi connectivity index (χ1) is 11.8. The first-order valence-corrected chi connectivity index (χ1v) is 8.88. The van der Waals surface area contributed by atoms with Crippen molar-refractivity contribution >= 4 is 11.9 Å². The molecule has 5 heteroatoms. The van der Waals surface area contributed by atoms with Crippen LogP contribution in [0.4, 0.5) is 0 Å². The van der Waals surface area contributed by atoms with Gasteiger partial charge >= 0.3 is 11.9 Å². The molecule has 1 aromatic rings. The van der Waals surface area contributed by atoms with Gasteiger partial charge in [-0.1, -0.05) is 37.3 Å². The van der Waals surface area contributed by atoms with Crippen molar-refractivity contribution in [3.63, 3.8) is 0 Å². The minimum Gasteiger partial charge on any atom is -0.451 e. The van der Waals surface area contributed by atoms with Crippen molar-refractivity contribution in [1.82, 2.24) is 0 Å². The molecule has 0 N–H and O–H groups in total. The van der Waals surface area contributed by atoms with E-state index in [1.807, 2.05) is 37.3 Å². The SMILES string of the molecule is CCC(C)(C)C(=O)OC(C)C(=O)OC1(c2ccccc2)CCOCC1. The summed E-state index contributed by atoms with van der Waals surface area (Å²) >= 11 is 0. The van der Waals surface area contributed by atoms with Crippen LogP contribution in [0.3, 0.4) is 0 Å². The third-order valence-electron chi connectivity index (χ3n) is 4.95. The standard InChI is InChI=1S/C20H28O5/c1-5-19(3,4)18(22)24-15(2)17(21)25-20(11-13-23-14-12-20)16-9-7-6-8-10-16/h6-10,15H,5,11-14H2,1-4H3. The van der Waals surface area contributed by atoms with Crippen LogP contribution in [0.25, 0.3) is 0 Å². The molecule has 2 rings (SSSR count). The molecular formula is C20H28O5. The highest BCUT2D eigenvalue weighted by atomic mass is 16.6. The number of carbonyl (C=O) groups excluding carboxylic acids is 2. The first kappa shape index (κ1) is 19.4. The average molecular weight is 348 g/mol. The van der Waals surface area contributed by atoms with E-state index in [2.05, 4.69) is 0 Å². The van der Waals surface area contributed by atoms with E-state index in [1.54, 1.807) is 20.8 Å². The summed E-state index contributed by atoms with van der Waals surface area (Å²) in [5, 5.41) is 0. The molecule has 1 heterocycles. The maximum atomic E-state index is 12.6. The predicted octanol–water partition coefficient (Wildman–Crippen LogP) is 3.60. The molecule has 0 amide bonds. The third-order valence-corrected chi connectivity index (χ3v) is 4.95. The lowest BCUT2D eigenvalue weighted by Crippen LogP contribution is -2.42. The third kappa shape index (κ3) is 4.60. The molecule has 1 aliphatic rings. The molecular weight excluding hydrogens is 320 g/mol. The number of hydrogen-bond acceptors (Lipinski definition) is 5. The number of carbonyl (C=O) groups is 2. The summed E-state index contributed by atoms with van der Waals surface area (Å²) in [5.41, 5.74) is -0.402. The fourth-order valence-corrected chi connectivity index (χ4v) is 2.68. The summed E-state index contributed by atoms with van der Waals surface area (Å²) in [7, 11) is 0. The molecule has 1 fully saturated rings. The molecule has 0 radical (unpaired) electrons. The maximum absolute atomic E-state index is 12.6. The van der Waals surface area contributed by atoms with Gasteiger partial charge in [0, 0.05) is 12.8 Å². The Morgan fingerprint density at radius 1 is 1.20 bits per heavy atom. The Hall–Kier alpha value is -1.88. The highest BCUT2D eigenvalue weighted by molar-refractivity contribution is 5.81. The van der Waals surface area contributed by atoms with E-state index in [9.17, 15) is 9.59 Å². The van der Waals surface area contributed by atoms with Crippen molar-refractivity contribution < 1.29 is 23.8 Å². The van der Waals surface area contributed by atoms with Gasteiger partial charge in [0.1, 0.15) is 5.60 Å². The van der Waals surface area contributed by atoms with Gasteiger partial charge in [0.25, 0.3) is 0 Å². The van der Waals surface area contributed by atoms with Crippen LogP contribution in [0.15, 0.2) is 30.3 Å². The number of benzene rings is 1. The molecule has 25 heavy (non-hydrogen) atoms. The molecule has 1 atom stereocenters. The van der Waals surface area contributed by atoms with Crippen LogP contribution in [0.2, 0.25) is 0 Å². The quantitative estimate of drug-likeness (QED) is 0.735. The molecule has 1 unspecified atom stereocenters. The monoisotopic (exact) mass is 348 g/mol. The summed E-state index contributed by atoms with van der Waals surface area (Å²) in [6, 6.07) is 9.68. The zero-order chi connectivity index (χ0) is 18.5. The van der Waals surface area contributed by atoms with Crippen molar-refractivity contribution in [1.29, 1.82) is 0 Å². The van der Waals surface area contributed by atoms with Crippen molar-refractivity contribution in [2.24, 2.45) is 5.41 Å². The van der Waals surface area contributed by atoms with Gasteiger partial charge < -0.3 is 14.2 Å². The maximum Gasteiger partial charge on any atom is 0.348 e. The fraction of sp³-hybridized carbons (Fsp3) is 0.600. The van der Waals surface area contributed by atoms with Gasteiger partial charge in [-0.3, -0.25) is 4.79 Å². The van der Waals surface area contributed by atoms with Gasteiger partial charge in [0.2, 0.25) is 0 Å². The van der Waals surface area contributed by atoms with E-state index in [1.165, 1.54) is 0 Å². The molecule has 1 saturated heterocycles. The van der Waals surface area contributed by atoms with Crippen molar-refractivity contribution in [3.05, 3.63) is 35.9 Å². The molecule has 5 nitrogen and oxygen atoms in total. The summed E-state index contributed by atoms with van der Waals surface area (Å²) in [6.07, 6.45) is 0.869. The van der Waals surface area contributed by atoms with Gasteiger partial charge in [-0.15, -0.1) is 0 Å². The molecule has 0 spiro atoms. The van der Waals surface area contributed by atoms with Gasteiger partial charge in [0.05, 0.1) is 18.6 Å². The number of esters is 2. The minimum absolute atomic E-state index is 0.389. The highest BCUT2D eigenvalue weighted by Gasteiger charge is 2.40. The highest BCUT2D eigenvalue weighted by Crippen LogP contribution is 2.36. The smallest absolute Gasteiger partial charge is 0.348 e. The van der Waals surface area contributed by atoms with Gasteiger partial charge in [0.15, 0.2) is 6.10 Å².